The Hall–Kier alpha value is -3.48. The highest BCUT2D eigenvalue weighted by molar-refractivity contribution is 6.05. The molecule has 7 nitrogen and oxygen atoms in total. The van der Waals surface area contributed by atoms with Crippen LogP contribution in [0, 0.1) is 6.92 Å². The Kier molecular flexibility index (Phi) is 3.31. The van der Waals surface area contributed by atoms with Crippen LogP contribution in [0.3, 0.4) is 0 Å². The van der Waals surface area contributed by atoms with Crippen molar-refractivity contribution < 1.29 is 9.21 Å². The highest BCUT2D eigenvalue weighted by Gasteiger charge is 2.09. The number of oxazole rings is 1. The van der Waals surface area contributed by atoms with Gasteiger partial charge in [-0.05, 0) is 30.3 Å². The molecule has 0 aliphatic rings. The molecule has 0 atom stereocenters. The number of nitrogens with zero attached hydrogens (tertiary/aromatic N) is 3. The van der Waals surface area contributed by atoms with Crippen LogP contribution in [0.4, 0.5) is 5.69 Å². The monoisotopic (exact) mass is 319 g/mol. The second-order valence-electron chi connectivity index (χ2n) is 5.31. The minimum absolute atomic E-state index is 0.204. The van der Waals surface area contributed by atoms with Gasteiger partial charge in [0.05, 0.1) is 0 Å². The Labute approximate surface area is 136 Å². The number of carbonyl (C=O) groups excluding carboxylic acids is 1. The predicted molar refractivity (Wildman–Crippen MR) is 88.5 cm³/mol. The number of hydrogen-bond acceptors (Lipinski definition) is 5. The number of hydrogen-bond donors (Lipinski definition) is 2. The summed E-state index contributed by atoms with van der Waals surface area (Å²) in [5, 5.41) is 13.3. The fourth-order valence-corrected chi connectivity index (χ4v) is 2.41. The average Bonchev–Trinajstić information content (AvgIpc) is 3.23. The maximum Gasteiger partial charge on any atom is 0.255 e. The van der Waals surface area contributed by atoms with Crippen molar-refractivity contribution in [2.24, 2.45) is 0 Å². The third-order valence-electron chi connectivity index (χ3n) is 3.64. The molecule has 7 heteroatoms. The molecule has 4 rings (SSSR count). The molecule has 4 aromatic rings. The van der Waals surface area contributed by atoms with Crippen LogP contribution in [0.25, 0.3) is 22.3 Å². The molecule has 0 saturated carbocycles. The van der Waals surface area contributed by atoms with Crippen molar-refractivity contribution in [1.82, 2.24) is 20.4 Å². The van der Waals surface area contributed by atoms with E-state index in [1.165, 1.54) is 0 Å². The van der Waals surface area contributed by atoms with E-state index in [2.05, 4.69) is 25.7 Å². The van der Waals surface area contributed by atoms with Crippen LogP contribution in [0.15, 0.2) is 53.1 Å². The zero-order valence-electron chi connectivity index (χ0n) is 12.8. The Balaban J connectivity index is 1.53. The maximum atomic E-state index is 12.3. The normalized spacial score (nSPS) is 10.9. The lowest BCUT2D eigenvalue weighted by molar-refractivity contribution is 0.102. The van der Waals surface area contributed by atoms with Gasteiger partial charge in [-0.1, -0.05) is 12.1 Å². The molecule has 0 bridgehead atoms. The van der Waals surface area contributed by atoms with Crippen molar-refractivity contribution in [2.75, 3.05) is 5.32 Å². The van der Waals surface area contributed by atoms with Gasteiger partial charge < -0.3 is 9.73 Å². The number of H-pyrrole nitrogens is 1. The molecule has 0 fully saturated rings. The van der Waals surface area contributed by atoms with E-state index in [9.17, 15) is 4.79 Å². The van der Waals surface area contributed by atoms with E-state index in [0.717, 1.165) is 16.8 Å². The van der Waals surface area contributed by atoms with Gasteiger partial charge in [-0.3, -0.25) is 4.79 Å². The minimum atomic E-state index is -0.204. The van der Waals surface area contributed by atoms with Crippen molar-refractivity contribution in [3.05, 3.63) is 60.2 Å². The predicted octanol–water partition coefficient (Wildman–Crippen LogP) is 3.17. The molecule has 2 aromatic carbocycles. The van der Waals surface area contributed by atoms with Crippen LogP contribution < -0.4 is 5.32 Å². The second-order valence-corrected chi connectivity index (χ2v) is 5.31. The molecule has 0 aliphatic heterocycles. The van der Waals surface area contributed by atoms with E-state index in [1.54, 1.807) is 31.4 Å². The van der Waals surface area contributed by atoms with Gasteiger partial charge in [0.25, 0.3) is 5.91 Å². The number of carbonyl (C=O) groups is 1. The average molecular weight is 319 g/mol. The zero-order chi connectivity index (χ0) is 16.5. The summed E-state index contributed by atoms with van der Waals surface area (Å²) in [6, 6.07) is 12.6. The van der Waals surface area contributed by atoms with Gasteiger partial charge in [-0.15, -0.1) is 0 Å². The molecular weight excluding hydrogens is 306 g/mol. The Morgan fingerprint density at radius 3 is 2.62 bits per heavy atom. The Morgan fingerprint density at radius 2 is 1.88 bits per heavy atom. The van der Waals surface area contributed by atoms with E-state index < -0.39 is 0 Å². The number of anilines is 1. The molecule has 0 unspecified atom stereocenters. The zero-order valence-corrected chi connectivity index (χ0v) is 12.8. The van der Waals surface area contributed by atoms with E-state index in [4.69, 9.17) is 4.42 Å². The Bertz CT molecular complexity index is 1020. The SMILES string of the molecule is Cc1nc(-c2ccc(NC(=O)c3ccc4n[nH]nc4c3)cc2)co1. The molecule has 0 saturated heterocycles. The van der Waals surface area contributed by atoms with Gasteiger partial charge in [0.2, 0.25) is 0 Å². The van der Waals surface area contributed by atoms with Crippen LogP contribution in [0.5, 0.6) is 0 Å². The van der Waals surface area contributed by atoms with E-state index >= 15 is 0 Å². The largest absolute Gasteiger partial charge is 0.449 e. The number of benzene rings is 2. The summed E-state index contributed by atoms with van der Waals surface area (Å²) in [7, 11) is 0. The molecule has 2 N–H and O–H groups in total. The number of aromatic amines is 1. The summed E-state index contributed by atoms with van der Waals surface area (Å²) in [4.78, 5) is 16.6. The Morgan fingerprint density at radius 1 is 1.08 bits per heavy atom. The molecule has 0 spiro atoms. The van der Waals surface area contributed by atoms with Crippen molar-refractivity contribution >= 4 is 22.6 Å². The lowest BCUT2D eigenvalue weighted by Crippen LogP contribution is -2.11. The highest BCUT2D eigenvalue weighted by Crippen LogP contribution is 2.21. The van der Waals surface area contributed by atoms with Crippen molar-refractivity contribution in [2.45, 2.75) is 6.92 Å². The van der Waals surface area contributed by atoms with Crippen molar-refractivity contribution in [3.63, 3.8) is 0 Å². The lowest BCUT2D eigenvalue weighted by Gasteiger charge is -2.06. The smallest absolute Gasteiger partial charge is 0.255 e. The molecular formula is C17H13N5O2. The van der Waals surface area contributed by atoms with Gasteiger partial charge in [-0.2, -0.15) is 15.4 Å². The number of amides is 1. The molecule has 2 heterocycles. The third kappa shape index (κ3) is 2.63. The topological polar surface area (TPSA) is 96.7 Å². The van der Waals surface area contributed by atoms with Crippen LogP contribution in [-0.4, -0.2) is 26.3 Å². The number of aryl methyl sites for hydroxylation is 1. The van der Waals surface area contributed by atoms with Gasteiger partial charge in [0.15, 0.2) is 5.89 Å². The summed E-state index contributed by atoms with van der Waals surface area (Å²) in [6.07, 6.45) is 1.61. The molecule has 0 radical (unpaired) electrons. The van der Waals surface area contributed by atoms with Gasteiger partial charge in [0, 0.05) is 23.7 Å². The fourth-order valence-electron chi connectivity index (χ4n) is 2.41. The summed E-state index contributed by atoms with van der Waals surface area (Å²) >= 11 is 0. The van der Waals surface area contributed by atoms with Gasteiger partial charge >= 0.3 is 0 Å². The lowest BCUT2D eigenvalue weighted by atomic mass is 10.1. The number of rotatable bonds is 3. The second kappa shape index (κ2) is 5.62. The third-order valence-corrected chi connectivity index (χ3v) is 3.64. The van der Waals surface area contributed by atoms with Crippen molar-refractivity contribution in [1.29, 1.82) is 0 Å². The molecule has 0 aliphatic carbocycles. The first-order chi connectivity index (χ1) is 11.7. The van der Waals surface area contributed by atoms with Crippen LogP contribution in [0.2, 0.25) is 0 Å². The van der Waals surface area contributed by atoms with Crippen LogP contribution >= 0.6 is 0 Å². The van der Waals surface area contributed by atoms with Gasteiger partial charge in [-0.25, -0.2) is 4.98 Å². The standard InChI is InChI=1S/C17H13N5O2/c1-10-18-16(9-24-10)11-2-5-13(6-3-11)19-17(23)12-4-7-14-15(8-12)21-22-20-14/h2-9H,1H3,(H,19,23)(H,20,21,22). The number of aromatic nitrogens is 4. The number of nitrogens with one attached hydrogen (secondary N) is 2. The summed E-state index contributed by atoms with van der Waals surface area (Å²) in [6.45, 7) is 1.80. The quantitative estimate of drug-likeness (QED) is 0.604. The number of fused-ring (bicyclic) bond motifs is 1. The van der Waals surface area contributed by atoms with Gasteiger partial charge in [0.1, 0.15) is 23.0 Å². The maximum absolute atomic E-state index is 12.3. The minimum Gasteiger partial charge on any atom is -0.449 e. The van der Waals surface area contributed by atoms with E-state index in [0.29, 0.717) is 22.7 Å². The first-order valence-corrected chi connectivity index (χ1v) is 7.33. The molecule has 2 aromatic heterocycles. The summed E-state index contributed by atoms with van der Waals surface area (Å²) < 4.78 is 5.21. The summed E-state index contributed by atoms with van der Waals surface area (Å²) in [5.74, 6) is 0.413. The molecule has 24 heavy (non-hydrogen) atoms. The van der Waals surface area contributed by atoms with Crippen LogP contribution in [0.1, 0.15) is 16.2 Å². The first kappa shape index (κ1) is 14.1. The highest BCUT2D eigenvalue weighted by atomic mass is 16.3. The molecule has 1 amide bonds. The van der Waals surface area contributed by atoms with Crippen LogP contribution in [-0.2, 0) is 0 Å². The molecule has 118 valence electrons. The summed E-state index contributed by atoms with van der Waals surface area (Å²) in [5.41, 5.74) is 4.28. The van der Waals surface area contributed by atoms with E-state index in [1.807, 2.05) is 24.3 Å². The first-order valence-electron chi connectivity index (χ1n) is 7.33. The van der Waals surface area contributed by atoms with Crippen molar-refractivity contribution in [3.8, 4) is 11.3 Å². The fraction of sp³-hybridized carbons (Fsp3) is 0.0588. The van der Waals surface area contributed by atoms with E-state index in [-0.39, 0.29) is 5.91 Å².